The first-order chi connectivity index (χ1) is 10.2. The minimum atomic E-state index is -0.405. The van der Waals surface area contributed by atoms with E-state index in [1.807, 2.05) is 6.92 Å². The molecule has 0 spiro atoms. The Balaban J connectivity index is 2.26. The number of rotatable bonds is 8. The van der Waals surface area contributed by atoms with E-state index in [0.29, 0.717) is 12.5 Å². The summed E-state index contributed by atoms with van der Waals surface area (Å²) < 4.78 is 18.3. The van der Waals surface area contributed by atoms with Gasteiger partial charge in [0.05, 0.1) is 5.02 Å². The monoisotopic (exact) mass is 315 g/mol. The second-order valence-corrected chi connectivity index (χ2v) is 4.91. The third-order valence-corrected chi connectivity index (χ3v) is 3.17. The number of benzene rings is 1. The zero-order chi connectivity index (χ0) is 15.5. The van der Waals surface area contributed by atoms with Crippen LogP contribution in [-0.2, 0) is 11.3 Å². The first kappa shape index (κ1) is 17.7. The molecule has 0 saturated carbocycles. The fraction of sp³-hybridized carbons (Fsp3) is 0.533. The Morgan fingerprint density at radius 1 is 1.33 bits per heavy atom. The van der Waals surface area contributed by atoms with Gasteiger partial charge in [0, 0.05) is 33.4 Å². The highest BCUT2D eigenvalue weighted by atomic mass is 35.5. The molecular formula is C15H23ClFN3O. The van der Waals surface area contributed by atoms with Crippen molar-refractivity contribution >= 4 is 17.6 Å². The lowest BCUT2D eigenvalue weighted by atomic mass is 10.2. The Hall–Kier alpha value is -1.33. The molecule has 0 radical (unpaired) electrons. The van der Waals surface area contributed by atoms with Crippen LogP contribution in [0.4, 0.5) is 4.39 Å². The van der Waals surface area contributed by atoms with Crippen LogP contribution in [0.1, 0.15) is 25.3 Å². The van der Waals surface area contributed by atoms with Crippen molar-refractivity contribution < 1.29 is 9.13 Å². The molecule has 0 aromatic heterocycles. The molecule has 1 rings (SSSR count). The van der Waals surface area contributed by atoms with E-state index in [1.165, 1.54) is 6.07 Å². The van der Waals surface area contributed by atoms with Gasteiger partial charge in [-0.3, -0.25) is 4.99 Å². The Morgan fingerprint density at radius 3 is 2.81 bits per heavy atom. The summed E-state index contributed by atoms with van der Waals surface area (Å²) in [7, 11) is 1.72. The van der Waals surface area contributed by atoms with Gasteiger partial charge in [0.1, 0.15) is 5.82 Å². The molecule has 4 nitrogen and oxygen atoms in total. The first-order valence-electron chi connectivity index (χ1n) is 7.13. The predicted octanol–water partition coefficient (Wildman–Crippen LogP) is 2.96. The van der Waals surface area contributed by atoms with Gasteiger partial charge in [-0.15, -0.1) is 0 Å². The van der Waals surface area contributed by atoms with Crippen LogP contribution in [-0.4, -0.2) is 32.8 Å². The summed E-state index contributed by atoms with van der Waals surface area (Å²) in [6.45, 7) is 4.91. The van der Waals surface area contributed by atoms with Crippen LogP contribution in [0, 0.1) is 5.82 Å². The van der Waals surface area contributed by atoms with Gasteiger partial charge in [-0.2, -0.15) is 0 Å². The number of ether oxygens (including phenoxy) is 1. The molecule has 0 aliphatic heterocycles. The molecule has 1 aromatic rings. The third kappa shape index (κ3) is 7.29. The van der Waals surface area contributed by atoms with Crippen molar-refractivity contribution in [3.8, 4) is 0 Å². The molecule has 0 saturated heterocycles. The van der Waals surface area contributed by atoms with Crippen LogP contribution in [0.15, 0.2) is 23.2 Å². The van der Waals surface area contributed by atoms with Crippen molar-refractivity contribution in [1.82, 2.24) is 10.6 Å². The van der Waals surface area contributed by atoms with E-state index in [2.05, 4.69) is 15.6 Å². The highest BCUT2D eigenvalue weighted by Gasteiger charge is 2.02. The van der Waals surface area contributed by atoms with Crippen molar-refractivity contribution in [3.05, 3.63) is 34.6 Å². The smallest absolute Gasteiger partial charge is 0.191 e. The molecule has 118 valence electrons. The molecule has 0 fully saturated rings. The molecular weight excluding hydrogens is 293 g/mol. The fourth-order valence-corrected chi connectivity index (χ4v) is 1.94. The lowest BCUT2D eigenvalue weighted by molar-refractivity contribution is 0.143. The van der Waals surface area contributed by atoms with E-state index in [-0.39, 0.29) is 5.02 Å². The van der Waals surface area contributed by atoms with Crippen molar-refractivity contribution in [2.24, 2.45) is 4.99 Å². The van der Waals surface area contributed by atoms with E-state index in [9.17, 15) is 4.39 Å². The van der Waals surface area contributed by atoms with Gasteiger partial charge in [0.15, 0.2) is 5.96 Å². The summed E-state index contributed by atoms with van der Waals surface area (Å²) in [6.07, 6.45) is 2.04. The van der Waals surface area contributed by atoms with Crippen LogP contribution in [0.25, 0.3) is 0 Å². The van der Waals surface area contributed by atoms with Gasteiger partial charge in [0.25, 0.3) is 0 Å². The second-order valence-electron chi connectivity index (χ2n) is 4.51. The van der Waals surface area contributed by atoms with Crippen LogP contribution in [0.2, 0.25) is 5.02 Å². The maximum absolute atomic E-state index is 13.1. The molecule has 0 unspecified atom stereocenters. The Morgan fingerprint density at radius 2 is 2.14 bits per heavy atom. The fourth-order valence-electron chi connectivity index (χ4n) is 1.74. The van der Waals surface area contributed by atoms with Crippen LogP contribution >= 0.6 is 11.6 Å². The van der Waals surface area contributed by atoms with Gasteiger partial charge in [-0.05, 0) is 37.5 Å². The SMILES string of the molecule is CCOCCCCNC(=NC)NCc1ccc(F)c(Cl)c1. The standard InChI is InChI=1S/C15H23ClFN3O/c1-3-21-9-5-4-8-19-15(18-2)20-11-12-6-7-14(17)13(16)10-12/h6-7,10H,3-5,8-9,11H2,1-2H3,(H2,18,19,20). The van der Waals surface area contributed by atoms with Crippen LogP contribution < -0.4 is 10.6 Å². The number of guanidine groups is 1. The van der Waals surface area contributed by atoms with E-state index in [1.54, 1.807) is 19.2 Å². The van der Waals surface area contributed by atoms with Gasteiger partial charge in [0.2, 0.25) is 0 Å². The Kier molecular flexibility index (Phi) is 8.78. The maximum atomic E-state index is 13.1. The molecule has 0 aliphatic rings. The second kappa shape index (κ2) is 10.4. The normalized spacial score (nSPS) is 11.5. The first-order valence-corrected chi connectivity index (χ1v) is 7.51. The molecule has 21 heavy (non-hydrogen) atoms. The Labute approximate surface area is 130 Å². The van der Waals surface area contributed by atoms with Gasteiger partial charge in [-0.1, -0.05) is 17.7 Å². The average Bonchev–Trinajstić information content (AvgIpc) is 2.49. The molecule has 0 atom stereocenters. The summed E-state index contributed by atoms with van der Waals surface area (Å²) in [5.74, 6) is 0.309. The zero-order valence-corrected chi connectivity index (χ0v) is 13.3. The number of hydrogen-bond acceptors (Lipinski definition) is 2. The highest BCUT2D eigenvalue weighted by Crippen LogP contribution is 2.15. The van der Waals surface area contributed by atoms with Gasteiger partial charge in [-0.25, -0.2) is 4.39 Å². The van der Waals surface area contributed by atoms with Crippen LogP contribution in [0.3, 0.4) is 0 Å². The predicted molar refractivity (Wildman–Crippen MR) is 85.3 cm³/mol. The summed E-state index contributed by atoms with van der Waals surface area (Å²) in [5.41, 5.74) is 0.903. The summed E-state index contributed by atoms with van der Waals surface area (Å²) >= 11 is 5.75. The largest absolute Gasteiger partial charge is 0.382 e. The zero-order valence-electron chi connectivity index (χ0n) is 12.6. The summed E-state index contributed by atoms with van der Waals surface area (Å²) in [6, 6.07) is 4.67. The minimum Gasteiger partial charge on any atom is -0.382 e. The molecule has 0 aliphatic carbocycles. The number of nitrogens with zero attached hydrogens (tertiary/aromatic N) is 1. The van der Waals surface area contributed by atoms with Crippen molar-refractivity contribution in [3.63, 3.8) is 0 Å². The summed E-state index contributed by atoms with van der Waals surface area (Å²) in [5, 5.41) is 6.51. The highest BCUT2D eigenvalue weighted by molar-refractivity contribution is 6.30. The molecule has 6 heteroatoms. The van der Waals surface area contributed by atoms with E-state index in [4.69, 9.17) is 16.3 Å². The molecule has 0 heterocycles. The van der Waals surface area contributed by atoms with Gasteiger partial charge < -0.3 is 15.4 Å². The van der Waals surface area contributed by atoms with Gasteiger partial charge >= 0.3 is 0 Å². The molecule has 0 bridgehead atoms. The van der Waals surface area contributed by atoms with E-state index >= 15 is 0 Å². The summed E-state index contributed by atoms with van der Waals surface area (Å²) in [4.78, 5) is 4.13. The van der Waals surface area contributed by atoms with Crippen molar-refractivity contribution in [1.29, 1.82) is 0 Å². The lowest BCUT2D eigenvalue weighted by Crippen LogP contribution is -2.37. The number of hydrogen-bond donors (Lipinski definition) is 2. The van der Waals surface area contributed by atoms with Crippen LogP contribution in [0.5, 0.6) is 0 Å². The Bertz CT molecular complexity index is 455. The molecule has 0 amide bonds. The quantitative estimate of drug-likeness (QED) is 0.440. The number of unbranched alkanes of at least 4 members (excludes halogenated alkanes) is 1. The number of nitrogens with one attached hydrogen (secondary N) is 2. The van der Waals surface area contributed by atoms with E-state index in [0.717, 1.165) is 38.2 Å². The number of halogens is 2. The van der Waals surface area contributed by atoms with Crippen molar-refractivity contribution in [2.45, 2.75) is 26.3 Å². The lowest BCUT2D eigenvalue weighted by Gasteiger charge is -2.12. The van der Waals surface area contributed by atoms with E-state index < -0.39 is 5.82 Å². The third-order valence-electron chi connectivity index (χ3n) is 2.88. The van der Waals surface area contributed by atoms with Crippen molar-refractivity contribution in [2.75, 3.05) is 26.8 Å². The topological polar surface area (TPSA) is 45.6 Å². The maximum Gasteiger partial charge on any atom is 0.191 e. The molecule has 2 N–H and O–H groups in total. The average molecular weight is 316 g/mol. The number of aliphatic imine (C=N–C) groups is 1. The minimum absolute atomic E-state index is 0.133. The molecule has 1 aromatic carbocycles.